The average Bonchev–Trinajstić information content (AvgIpc) is 2.87. The molecule has 1 amide bonds. The molecule has 14 heteroatoms. The number of ether oxygens (including phenoxy) is 2. The molecule has 4 N–H and O–H groups in total. The quantitative estimate of drug-likeness (QED) is 0.360. The van der Waals surface area contributed by atoms with E-state index in [-0.39, 0.29) is 41.9 Å². The van der Waals surface area contributed by atoms with Crippen LogP contribution in [0.3, 0.4) is 0 Å². The van der Waals surface area contributed by atoms with Crippen molar-refractivity contribution in [3.63, 3.8) is 0 Å². The fourth-order valence-corrected chi connectivity index (χ4v) is 5.54. The van der Waals surface area contributed by atoms with Crippen LogP contribution in [-0.4, -0.2) is 70.2 Å². The first-order chi connectivity index (χ1) is 19.6. The molecule has 0 bridgehead atoms. The number of aryl methyl sites for hydroxylation is 2. The van der Waals surface area contributed by atoms with E-state index in [1.165, 1.54) is 17.2 Å². The van der Waals surface area contributed by atoms with Crippen molar-refractivity contribution >= 4 is 33.7 Å². The van der Waals surface area contributed by atoms with Gasteiger partial charge in [0.1, 0.15) is 16.6 Å². The number of piperidine rings is 1. The van der Waals surface area contributed by atoms with Crippen molar-refractivity contribution in [2.45, 2.75) is 57.6 Å². The molecule has 1 aliphatic rings. The summed E-state index contributed by atoms with van der Waals surface area (Å²) in [5.41, 5.74) is 8.00. The molecular formula is C28H34N6O7S. The van der Waals surface area contributed by atoms with Gasteiger partial charge in [-0.15, -0.1) is 0 Å². The maximum atomic E-state index is 13.1. The molecule has 0 saturated carbocycles. The third-order valence-corrected chi connectivity index (χ3v) is 7.71. The van der Waals surface area contributed by atoms with Gasteiger partial charge < -0.3 is 25.2 Å². The molecule has 0 aliphatic carbocycles. The number of pyridine rings is 1. The number of carboxylic acids is 1. The minimum absolute atomic E-state index is 0.00812. The minimum Gasteiger partial charge on any atom is -0.481 e. The van der Waals surface area contributed by atoms with E-state index in [9.17, 15) is 23.1 Å². The molecule has 1 aromatic carbocycles. The molecule has 4 rings (SSSR count). The van der Waals surface area contributed by atoms with Gasteiger partial charge in [0, 0.05) is 37.0 Å². The van der Waals surface area contributed by atoms with Crippen LogP contribution in [0.4, 0.5) is 16.4 Å². The molecule has 1 aliphatic heterocycles. The first-order valence-corrected chi connectivity index (χ1v) is 14.7. The van der Waals surface area contributed by atoms with E-state index >= 15 is 0 Å². The van der Waals surface area contributed by atoms with E-state index in [0.29, 0.717) is 5.69 Å². The second-order valence-corrected chi connectivity index (χ2v) is 12.8. The number of benzene rings is 1. The zero-order valence-electron chi connectivity index (χ0n) is 24.0. The number of aliphatic carboxylic acids is 1. The summed E-state index contributed by atoms with van der Waals surface area (Å²) in [6.07, 6.45) is 1.11. The van der Waals surface area contributed by atoms with Crippen LogP contribution >= 0.6 is 0 Å². The van der Waals surface area contributed by atoms with E-state index in [2.05, 4.69) is 19.7 Å². The second-order valence-electron chi connectivity index (χ2n) is 11.1. The fraction of sp³-hybridized carbons (Fsp3) is 0.393. The summed E-state index contributed by atoms with van der Waals surface area (Å²) in [7, 11) is -4.18. The molecule has 0 spiro atoms. The molecule has 2 atom stereocenters. The number of anilines is 2. The Kier molecular flexibility index (Phi) is 8.57. The summed E-state index contributed by atoms with van der Waals surface area (Å²) >= 11 is 0. The summed E-state index contributed by atoms with van der Waals surface area (Å²) < 4.78 is 40.2. The van der Waals surface area contributed by atoms with Crippen molar-refractivity contribution in [1.29, 1.82) is 0 Å². The average molecular weight is 599 g/mol. The largest absolute Gasteiger partial charge is 0.481 e. The van der Waals surface area contributed by atoms with Crippen molar-refractivity contribution in [2.24, 2.45) is 5.92 Å². The summed E-state index contributed by atoms with van der Waals surface area (Å²) in [6.45, 7) is 8.94. The molecule has 42 heavy (non-hydrogen) atoms. The number of likely N-dealkylation sites (tertiary alicyclic amines) is 1. The number of aromatic nitrogens is 3. The highest BCUT2D eigenvalue weighted by Gasteiger charge is 2.37. The Labute approximate surface area is 244 Å². The molecule has 3 aromatic rings. The van der Waals surface area contributed by atoms with E-state index in [4.69, 9.17) is 15.2 Å². The molecule has 1 saturated heterocycles. The number of hydrogen-bond donors (Lipinski definition) is 3. The van der Waals surface area contributed by atoms with E-state index < -0.39 is 39.7 Å². The lowest BCUT2D eigenvalue weighted by Gasteiger charge is -2.36. The Balaban J connectivity index is 1.71. The van der Waals surface area contributed by atoms with Gasteiger partial charge >= 0.3 is 12.1 Å². The summed E-state index contributed by atoms with van der Waals surface area (Å²) in [5, 5.41) is 9.76. The second kappa shape index (κ2) is 11.8. The van der Waals surface area contributed by atoms with Crippen molar-refractivity contribution in [1.82, 2.24) is 19.9 Å². The molecule has 0 radical (unpaired) electrons. The number of rotatable bonds is 7. The van der Waals surface area contributed by atoms with Gasteiger partial charge in [-0.25, -0.2) is 22.9 Å². The Bertz CT molecular complexity index is 1590. The number of hydrogen-bond acceptors (Lipinski definition) is 10. The number of nitrogens with zero attached hydrogens (tertiary/aromatic N) is 4. The van der Waals surface area contributed by atoms with Gasteiger partial charge in [-0.3, -0.25) is 9.78 Å². The first kappa shape index (κ1) is 30.5. The number of nitrogen functional groups attached to an aromatic ring is 1. The Morgan fingerprint density at radius 1 is 1.10 bits per heavy atom. The molecule has 3 heterocycles. The standard InChI is InChI=1S/C28H34N6O7S/c1-16-7-6-8-17(2)24(16)22-11-23(32-26(31-22)33-42(38,39)21-10-19(29)12-30-13-21)40-20-9-18(25(35)36)14-34(15-20)27(37)41-28(3,4)5/h6-8,10-13,18,20H,9,14-15,29H2,1-5H3,(H,35,36)(H,31,32,33). The lowest BCUT2D eigenvalue weighted by Crippen LogP contribution is -2.51. The third-order valence-electron chi connectivity index (χ3n) is 6.41. The Morgan fingerprint density at radius 2 is 1.79 bits per heavy atom. The van der Waals surface area contributed by atoms with Crippen LogP contribution in [0.2, 0.25) is 0 Å². The SMILES string of the molecule is Cc1cccc(C)c1-c1cc(OC2CC(C(=O)O)CN(C(=O)OC(C)(C)C)C2)nc(NS(=O)(=O)c2cncc(N)c2)n1. The van der Waals surface area contributed by atoms with E-state index in [1.54, 1.807) is 26.8 Å². The van der Waals surface area contributed by atoms with Gasteiger partial charge in [0.15, 0.2) is 0 Å². The van der Waals surface area contributed by atoms with Crippen LogP contribution in [0.25, 0.3) is 11.3 Å². The summed E-state index contributed by atoms with van der Waals surface area (Å²) in [5.74, 6) is -2.28. The highest BCUT2D eigenvalue weighted by atomic mass is 32.2. The number of carboxylic acid groups (broad SMARTS) is 1. The van der Waals surface area contributed by atoms with Crippen molar-refractivity contribution in [3.05, 3.63) is 53.9 Å². The van der Waals surface area contributed by atoms with Gasteiger partial charge in [-0.2, -0.15) is 4.98 Å². The van der Waals surface area contributed by atoms with Crippen LogP contribution in [0.1, 0.15) is 38.3 Å². The first-order valence-electron chi connectivity index (χ1n) is 13.2. The van der Waals surface area contributed by atoms with E-state index in [1.807, 2.05) is 32.0 Å². The number of nitrogens with two attached hydrogens (primary N) is 1. The number of sulfonamides is 1. The molecule has 13 nitrogen and oxygen atoms in total. The molecule has 1 fully saturated rings. The topological polar surface area (TPSA) is 187 Å². The third kappa shape index (κ3) is 7.43. The van der Waals surface area contributed by atoms with Crippen LogP contribution in [0.5, 0.6) is 5.88 Å². The fourth-order valence-electron chi connectivity index (χ4n) is 4.60. The number of carbonyl (C=O) groups excluding carboxylic acids is 1. The van der Waals surface area contributed by atoms with Crippen LogP contribution < -0.4 is 15.2 Å². The highest BCUT2D eigenvalue weighted by molar-refractivity contribution is 7.92. The van der Waals surface area contributed by atoms with Crippen molar-refractivity contribution in [2.75, 3.05) is 23.5 Å². The maximum absolute atomic E-state index is 13.1. The monoisotopic (exact) mass is 598 g/mol. The van der Waals surface area contributed by atoms with Crippen LogP contribution in [0, 0.1) is 19.8 Å². The van der Waals surface area contributed by atoms with Gasteiger partial charge in [0.25, 0.3) is 10.0 Å². The smallest absolute Gasteiger partial charge is 0.410 e. The molecule has 2 aromatic heterocycles. The van der Waals surface area contributed by atoms with Crippen molar-refractivity contribution in [3.8, 4) is 17.1 Å². The molecule has 2 unspecified atom stereocenters. The minimum atomic E-state index is -4.18. The molecular weight excluding hydrogens is 564 g/mol. The van der Waals surface area contributed by atoms with Gasteiger partial charge in [-0.05, 0) is 51.8 Å². The lowest BCUT2D eigenvalue weighted by atomic mass is 9.96. The maximum Gasteiger partial charge on any atom is 0.410 e. The zero-order chi connectivity index (χ0) is 30.8. The Hall–Kier alpha value is -4.46. The predicted octanol–water partition coefficient (Wildman–Crippen LogP) is 3.63. The summed E-state index contributed by atoms with van der Waals surface area (Å²) in [6, 6.07) is 8.48. The van der Waals surface area contributed by atoms with Gasteiger partial charge in [0.2, 0.25) is 11.8 Å². The lowest BCUT2D eigenvalue weighted by molar-refractivity contribution is -0.144. The number of nitrogens with one attached hydrogen (secondary N) is 1. The van der Waals surface area contributed by atoms with E-state index in [0.717, 1.165) is 22.9 Å². The van der Waals surface area contributed by atoms with Crippen LogP contribution in [0.15, 0.2) is 47.6 Å². The normalized spacial score (nSPS) is 17.4. The Morgan fingerprint density at radius 3 is 2.40 bits per heavy atom. The summed E-state index contributed by atoms with van der Waals surface area (Å²) in [4.78, 5) is 38.4. The van der Waals surface area contributed by atoms with Gasteiger partial charge in [0.05, 0.1) is 23.8 Å². The number of amides is 1. The van der Waals surface area contributed by atoms with Crippen LogP contribution in [-0.2, 0) is 19.6 Å². The highest BCUT2D eigenvalue weighted by Crippen LogP contribution is 2.31. The number of carbonyl (C=O) groups is 2. The predicted molar refractivity (Wildman–Crippen MR) is 154 cm³/mol. The molecule has 224 valence electrons. The zero-order valence-corrected chi connectivity index (χ0v) is 24.8. The van der Waals surface area contributed by atoms with Gasteiger partial charge in [-0.1, -0.05) is 18.2 Å². The van der Waals surface area contributed by atoms with Crippen molar-refractivity contribution < 1.29 is 32.6 Å².